The first-order chi connectivity index (χ1) is 17.5. The summed E-state index contributed by atoms with van der Waals surface area (Å²) in [6.07, 6.45) is 12.2. The van der Waals surface area contributed by atoms with E-state index in [0.29, 0.717) is 30.2 Å². The van der Waals surface area contributed by atoms with Gasteiger partial charge in [-0.2, -0.15) is 10.2 Å². The highest BCUT2D eigenvalue weighted by molar-refractivity contribution is 5.72. The van der Waals surface area contributed by atoms with Crippen molar-refractivity contribution in [3.63, 3.8) is 0 Å². The van der Waals surface area contributed by atoms with Crippen molar-refractivity contribution in [3.8, 4) is 0 Å². The van der Waals surface area contributed by atoms with Gasteiger partial charge >= 0.3 is 5.97 Å². The van der Waals surface area contributed by atoms with E-state index in [9.17, 15) is 9.59 Å². The molecule has 0 radical (unpaired) electrons. The van der Waals surface area contributed by atoms with E-state index in [1.54, 1.807) is 6.92 Å². The number of aryl methyl sites for hydroxylation is 1. The molecule has 202 valence electrons. The van der Waals surface area contributed by atoms with Crippen LogP contribution in [0.25, 0.3) is 0 Å². The molecule has 6 nitrogen and oxygen atoms in total. The number of carbonyl (C=O) groups is 2. The molecule has 1 heterocycles. The fraction of sp³-hybridized carbons (Fsp3) is 0.742. The summed E-state index contributed by atoms with van der Waals surface area (Å²) in [5, 5.41) is 12.5. The maximum Gasteiger partial charge on any atom is 0.302 e. The third-order valence-corrected chi connectivity index (χ3v) is 10.7. The number of allylic oxidation sites excluding steroid dienone is 1. The predicted molar refractivity (Wildman–Crippen MR) is 144 cm³/mol. The lowest BCUT2D eigenvalue weighted by Crippen LogP contribution is -2.51. The molecule has 0 aromatic carbocycles. The van der Waals surface area contributed by atoms with Gasteiger partial charge in [0.05, 0.1) is 11.4 Å². The number of rotatable bonds is 6. The molecular formula is C31H45N3O3. The van der Waals surface area contributed by atoms with Crippen LogP contribution in [0.5, 0.6) is 0 Å². The van der Waals surface area contributed by atoms with Crippen LogP contribution in [0.2, 0.25) is 0 Å². The largest absolute Gasteiger partial charge is 0.462 e. The molecule has 1 aromatic rings. The van der Waals surface area contributed by atoms with E-state index >= 15 is 0 Å². The lowest BCUT2D eigenvalue weighted by molar-refractivity contribution is -0.148. The van der Waals surface area contributed by atoms with Crippen LogP contribution in [-0.2, 0) is 32.6 Å². The van der Waals surface area contributed by atoms with Crippen molar-refractivity contribution in [1.29, 1.82) is 0 Å². The van der Waals surface area contributed by atoms with Gasteiger partial charge < -0.3 is 10.1 Å². The molecule has 0 spiro atoms. The highest BCUT2D eigenvalue weighted by Gasteiger charge is 2.58. The lowest BCUT2D eigenvalue weighted by atomic mass is 9.47. The molecule has 1 amide bonds. The maximum absolute atomic E-state index is 11.6. The molecule has 0 unspecified atom stereocenters. The van der Waals surface area contributed by atoms with E-state index < -0.39 is 0 Å². The number of aromatic nitrogens is 2. The average Bonchev–Trinajstić information content (AvgIpc) is 3.15. The number of fused-ring (bicyclic) bond motifs is 7. The van der Waals surface area contributed by atoms with Crippen molar-refractivity contribution in [2.24, 2.45) is 29.1 Å². The summed E-state index contributed by atoms with van der Waals surface area (Å²) in [5.41, 5.74) is 7.17. The fourth-order valence-electron chi connectivity index (χ4n) is 8.73. The van der Waals surface area contributed by atoms with Crippen LogP contribution in [0, 0.1) is 36.0 Å². The number of amides is 1. The van der Waals surface area contributed by atoms with Gasteiger partial charge in [-0.3, -0.25) is 9.59 Å². The number of hydrogen-bond donors (Lipinski definition) is 1. The number of ether oxygens (including phenoxy) is 1. The van der Waals surface area contributed by atoms with E-state index in [2.05, 4.69) is 39.1 Å². The van der Waals surface area contributed by atoms with Gasteiger partial charge in [-0.25, -0.2) is 0 Å². The van der Waals surface area contributed by atoms with Gasteiger partial charge in [0.2, 0.25) is 5.91 Å². The zero-order chi connectivity index (χ0) is 26.5. The molecule has 7 atom stereocenters. The van der Waals surface area contributed by atoms with E-state index in [4.69, 9.17) is 14.9 Å². The van der Waals surface area contributed by atoms with Gasteiger partial charge in [-0.05, 0) is 104 Å². The van der Waals surface area contributed by atoms with E-state index in [1.165, 1.54) is 42.2 Å². The third-order valence-electron chi connectivity index (χ3n) is 10.7. The summed E-state index contributed by atoms with van der Waals surface area (Å²) in [6.45, 7) is 13.3. The first kappa shape index (κ1) is 26.4. The minimum absolute atomic E-state index is 0.0332. The predicted octanol–water partition coefficient (Wildman–Crippen LogP) is 5.40. The third kappa shape index (κ3) is 4.63. The zero-order valence-corrected chi connectivity index (χ0v) is 23.7. The van der Waals surface area contributed by atoms with Gasteiger partial charge in [-0.1, -0.05) is 32.4 Å². The molecule has 6 heteroatoms. The molecule has 2 saturated carbocycles. The monoisotopic (exact) mass is 507 g/mol. The molecular weight excluding hydrogens is 462 g/mol. The summed E-state index contributed by atoms with van der Waals surface area (Å²) < 4.78 is 5.62. The van der Waals surface area contributed by atoms with Crippen molar-refractivity contribution in [1.82, 2.24) is 15.5 Å². The topological polar surface area (TPSA) is 81.2 Å². The van der Waals surface area contributed by atoms with Gasteiger partial charge in [0.15, 0.2) is 0 Å². The fourth-order valence-corrected chi connectivity index (χ4v) is 8.73. The van der Waals surface area contributed by atoms with Gasteiger partial charge in [-0.15, -0.1) is 0 Å². The van der Waals surface area contributed by atoms with Crippen molar-refractivity contribution in [2.75, 3.05) is 6.54 Å². The van der Waals surface area contributed by atoms with Crippen molar-refractivity contribution >= 4 is 11.9 Å². The molecule has 0 bridgehead atoms. The maximum atomic E-state index is 11.6. The second kappa shape index (κ2) is 9.81. The molecule has 4 aliphatic rings. The normalized spacial score (nSPS) is 34.8. The number of esters is 1. The van der Waals surface area contributed by atoms with Crippen LogP contribution >= 0.6 is 0 Å². The first-order valence-corrected chi connectivity index (χ1v) is 14.5. The van der Waals surface area contributed by atoms with Crippen LogP contribution in [0.4, 0.5) is 0 Å². The van der Waals surface area contributed by atoms with Gasteiger partial charge in [0, 0.05) is 26.8 Å². The van der Waals surface area contributed by atoms with Crippen molar-refractivity contribution < 1.29 is 14.3 Å². The molecule has 0 saturated heterocycles. The zero-order valence-electron chi connectivity index (χ0n) is 23.7. The Hall–Kier alpha value is -2.24. The Morgan fingerprint density at radius 1 is 1.11 bits per heavy atom. The molecule has 5 rings (SSSR count). The standard InChI is InChI=1S/C31H45N3O3/c1-18(17-32-20(3)35)7-10-27-19(2)29-28(34-33-27)16-26-24-9-8-22-15-23(37-21(4)36)11-13-30(22,5)25(24)12-14-31(26,29)6/h8,18,23-26H,7,9-17H2,1-6H3,(H,32,35)/t18-,23-,24+,25-,26+,30+,31-/m1/s1. The average molecular weight is 508 g/mol. The number of nitrogens with zero attached hydrogens (tertiary/aromatic N) is 2. The van der Waals surface area contributed by atoms with Crippen LogP contribution in [0.15, 0.2) is 11.6 Å². The molecule has 4 aliphatic carbocycles. The van der Waals surface area contributed by atoms with Crippen LogP contribution in [0.3, 0.4) is 0 Å². The van der Waals surface area contributed by atoms with Gasteiger partial charge in [0.25, 0.3) is 0 Å². The number of nitrogens with one attached hydrogen (secondary N) is 1. The Bertz CT molecular complexity index is 1110. The highest BCUT2D eigenvalue weighted by Crippen LogP contribution is 2.64. The Morgan fingerprint density at radius 2 is 1.86 bits per heavy atom. The SMILES string of the molecule is CC(=O)NC[C@H](C)CCc1nnc2c(c1C)[C@]1(C)CC[C@@H]3[C@H](CC=C4C[C@H](OC(C)=O)CC[C@@]43C)[C@@H]1C2. The lowest BCUT2D eigenvalue weighted by Gasteiger charge is -2.57. The summed E-state index contributed by atoms with van der Waals surface area (Å²) >= 11 is 0. The van der Waals surface area contributed by atoms with Crippen molar-refractivity contribution in [3.05, 3.63) is 34.2 Å². The number of carbonyl (C=O) groups excluding carboxylic acids is 2. The Morgan fingerprint density at radius 3 is 2.59 bits per heavy atom. The summed E-state index contributed by atoms with van der Waals surface area (Å²) in [5.74, 6) is 2.28. The van der Waals surface area contributed by atoms with Gasteiger partial charge in [0.1, 0.15) is 6.10 Å². The summed E-state index contributed by atoms with van der Waals surface area (Å²) in [4.78, 5) is 22.8. The minimum atomic E-state index is -0.155. The molecule has 0 aliphatic heterocycles. The van der Waals surface area contributed by atoms with Crippen LogP contribution in [0.1, 0.15) is 102 Å². The molecule has 1 aromatic heterocycles. The number of hydrogen-bond acceptors (Lipinski definition) is 5. The van der Waals surface area contributed by atoms with E-state index in [0.717, 1.165) is 50.6 Å². The summed E-state index contributed by atoms with van der Waals surface area (Å²) in [7, 11) is 0. The van der Waals surface area contributed by atoms with Crippen molar-refractivity contribution in [2.45, 2.75) is 111 Å². The molecule has 2 fully saturated rings. The van der Waals surface area contributed by atoms with Crippen LogP contribution in [-0.4, -0.2) is 34.7 Å². The Balaban J connectivity index is 1.35. The summed E-state index contributed by atoms with van der Waals surface area (Å²) in [6, 6.07) is 0. The minimum Gasteiger partial charge on any atom is -0.462 e. The smallest absolute Gasteiger partial charge is 0.302 e. The second-order valence-corrected chi connectivity index (χ2v) is 13.1. The Labute approximate surface area is 222 Å². The molecule has 1 N–H and O–H groups in total. The van der Waals surface area contributed by atoms with Crippen LogP contribution < -0.4 is 5.32 Å². The van der Waals surface area contributed by atoms with E-state index in [1.807, 2.05) is 0 Å². The second-order valence-electron chi connectivity index (χ2n) is 13.1. The quantitative estimate of drug-likeness (QED) is 0.412. The molecule has 37 heavy (non-hydrogen) atoms. The first-order valence-electron chi connectivity index (χ1n) is 14.5. The Kier molecular flexibility index (Phi) is 6.99. The highest BCUT2D eigenvalue weighted by atomic mass is 16.5. The van der Waals surface area contributed by atoms with E-state index in [-0.39, 0.29) is 28.8 Å².